The van der Waals surface area contributed by atoms with Crippen molar-refractivity contribution in [2.75, 3.05) is 20.4 Å². The second-order valence-electron chi connectivity index (χ2n) is 5.62. The van der Waals surface area contributed by atoms with Crippen molar-refractivity contribution < 1.29 is 13.6 Å². The molecule has 0 aromatic rings. The largest absolute Gasteiger partial charge is 0.333 e. The smallest absolute Gasteiger partial charge is 0.312 e. The number of hydrogen-bond donors (Lipinski definition) is 0. The summed E-state index contributed by atoms with van der Waals surface area (Å²) in [5.41, 5.74) is 4.03. The van der Waals surface area contributed by atoms with Crippen LogP contribution in [0.3, 0.4) is 0 Å². The lowest BCUT2D eigenvalue weighted by molar-refractivity contribution is 0.279. The quantitative estimate of drug-likeness (QED) is 0.372. The molecular weight excluding hydrogens is 283 g/mol. The van der Waals surface area contributed by atoms with Crippen LogP contribution in [-0.2, 0) is 13.6 Å². The molecule has 0 amide bonds. The molecule has 0 aromatic heterocycles. The highest BCUT2D eigenvalue weighted by molar-refractivity contribution is 7.54. The molecule has 122 valence electrons. The standard InChI is InChI=1S/C17H31O3P/c1-15(2)9-7-10-16(3)11-8-12-17(4)13-14-21(18,19-5)20-6/h9,11,13H,7-8,10,12,14H2,1-6H3. The fraction of sp³-hybridized carbons (Fsp3) is 0.647. The third-order valence-corrected chi connectivity index (χ3v) is 5.08. The molecule has 0 N–H and O–H groups in total. The van der Waals surface area contributed by atoms with Gasteiger partial charge in [-0.1, -0.05) is 34.9 Å². The molecule has 4 heteroatoms. The van der Waals surface area contributed by atoms with Gasteiger partial charge in [-0.3, -0.25) is 4.57 Å². The van der Waals surface area contributed by atoms with Gasteiger partial charge >= 0.3 is 7.60 Å². The van der Waals surface area contributed by atoms with Crippen LogP contribution < -0.4 is 0 Å². The molecule has 0 aromatic carbocycles. The minimum Gasteiger partial charge on any atom is -0.312 e. The van der Waals surface area contributed by atoms with E-state index in [1.165, 1.54) is 30.9 Å². The van der Waals surface area contributed by atoms with Crippen LogP contribution in [0.5, 0.6) is 0 Å². The van der Waals surface area contributed by atoms with Crippen LogP contribution in [-0.4, -0.2) is 20.4 Å². The van der Waals surface area contributed by atoms with E-state index in [2.05, 4.69) is 39.8 Å². The summed E-state index contributed by atoms with van der Waals surface area (Å²) in [6, 6.07) is 0. The van der Waals surface area contributed by atoms with Gasteiger partial charge in [0.05, 0.1) is 6.16 Å². The van der Waals surface area contributed by atoms with Crippen molar-refractivity contribution in [2.45, 2.75) is 53.4 Å². The van der Waals surface area contributed by atoms with Gasteiger partial charge in [0, 0.05) is 14.2 Å². The van der Waals surface area contributed by atoms with E-state index >= 15 is 0 Å². The SMILES string of the molecule is COP(=O)(CC=C(C)CCC=C(C)CCC=C(C)C)OC. The molecule has 0 spiro atoms. The van der Waals surface area contributed by atoms with Gasteiger partial charge in [0.25, 0.3) is 0 Å². The molecule has 0 aliphatic rings. The number of hydrogen-bond acceptors (Lipinski definition) is 3. The summed E-state index contributed by atoms with van der Waals surface area (Å²) in [4.78, 5) is 0. The fourth-order valence-electron chi connectivity index (χ4n) is 1.83. The predicted octanol–water partition coefficient (Wildman–Crippen LogP) is 5.89. The van der Waals surface area contributed by atoms with Crippen LogP contribution in [0.25, 0.3) is 0 Å². The van der Waals surface area contributed by atoms with Gasteiger partial charge < -0.3 is 9.05 Å². The maximum Gasteiger partial charge on any atom is 0.333 e. The molecule has 3 nitrogen and oxygen atoms in total. The Balaban J connectivity index is 4.15. The summed E-state index contributed by atoms with van der Waals surface area (Å²) < 4.78 is 21.7. The molecule has 0 heterocycles. The van der Waals surface area contributed by atoms with Gasteiger partial charge in [-0.15, -0.1) is 0 Å². The van der Waals surface area contributed by atoms with Crippen LogP contribution in [0.2, 0.25) is 0 Å². The second-order valence-corrected chi connectivity index (χ2v) is 7.94. The molecule has 0 aliphatic carbocycles. The third kappa shape index (κ3) is 10.7. The molecule has 0 atom stereocenters. The Morgan fingerprint density at radius 3 is 1.81 bits per heavy atom. The van der Waals surface area contributed by atoms with Gasteiger partial charge in [-0.05, 0) is 53.4 Å². The monoisotopic (exact) mass is 314 g/mol. The van der Waals surface area contributed by atoms with Crippen LogP contribution in [0.1, 0.15) is 53.4 Å². The highest BCUT2D eigenvalue weighted by atomic mass is 31.2. The fourth-order valence-corrected chi connectivity index (χ4v) is 2.81. The molecule has 0 rings (SSSR count). The molecule has 0 bridgehead atoms. The summed E-state index contributed by atoms with van der Waals surface area (Å²) in [6.07, 6.45) is 11.1. The summed E-state index contributed by atoms with van der Waals surface area (Å²) in [6.45, 7) is 8.50. The zero-order chi connectivity index (χ0) is 16.3. The topological polar surface area (TPSA) is 35.5 Å². The van der Waals surface area contributed by atoms with Crippen LogP contribution in [0.4, 0.5) is 0 Å². The Labute approximate surface area is 130 Å². The second kappa shape index (κ2) is 11.0. The molecule has 0 unspecified atom stereocenters. The number of rotatable bonds is 10. The lowest BCUT2D eigenvalue weighted by Gasteiger charge is -2.11. The molecule has 0 fully saturated rings. The lowest BCUT2D eigenvalue weighted by atomic mass is 10.1. The van der Waals surface area contributed by atoms with Crippen LogP contribution >= 0.6 is 7.60 Å². The molecule has 0 aliphatic heterocycles. The third-order valence-electron chi connectivity index (χ3n) is 3.34. The van der Waals surface area contributed by atoms with Crippen molar-refractivity contribution in [3.63, 3.8) is 0 Å². The van der Waals surface area contributed by atoms with Crippen LogP contribution in [0, 0.1) is 0 Å². The first kappa shape index (κ1) is 20.4. The zero-order valence-electron chi connectivity index (χ0n) is 14.4. The van der Waals surface area contributed by atoms with Gasteiger partial charge in [0.1, 0.15) is 0 Å². The Kier molecular flexibility index (Phi) is 10.7. The summed E-state index contributed by atoms with van der Waals surface area (Å²) in [5.74, 6) is 0. The first-order valence-corrected chi connectivity index (χ1v) is 9.21. The minimum atomic E-state index is -2.91. The highest BCUT2D eigenvalue weighted by Crippen LogP contribution is 2.46. The van der Waals surface area contributed by atoms with Crippen molar-refractivity contribution in [1.82, 2.24) is 0 Å². The normalized spacial score (nSPS) is 13.4. The first-order chi connectivity index (χ1) is 9.83. The zero-order valence-corrected chi connectivity index (χ0v) is 15.3. The van der Waals surface area contributed by atoms with Crippen LogP contribution in [0.15, 0.2) is 34.9 Å². The maximum atomic E-state index is 11.9. The molecular formula is C17H31O3P. The van der Waals surface area contributed by atoms with E-state index in [-0.39, 0.29) is 0 Å². The molecule has 0 saturated carbocycles. The Morgan fingerprint density at radius 2 is 1.33 bits per heavy atom. The van der Waals surface area contributed by atoms with E-state index in [9.17, 15) is 4.57 Å². The minimum absolute atomic E-state index is 0.342. The Morgan fingerprint density at radius 1 is 0.857 bits per heavy atom. The average Bonchev–Trinajstić information content (AvgIpc) is 2.44. The molecule has 0 saturated heterocycles. The summed E-state index contributed by atoms with van der Waals surface area (Å²) >= 11 is 0. The van der Waals surface area contributed by atoms with Gasteiger partial charge in [0.15, 0.2) is 0 Å². The Bertz CT molecular complexity index is 421. The average molecular weight is 314 g/mol. The summed E-state index contributed by atoms with van der Waals surface area (Å²) in [7, 11) is -0.0635. The van der Waals surface area contributed by atoms with Gasteiger partial charge in [-0.2, -0.15) is 0 Å². The van der Waals surface area contributed by atoms with E-state index in [0.717, 1.165) is 25.7 Å². The first-order valence-electron chi connectivity index (χ1n) is 7.48. The van der Waals surface area contributed by atoms with Crippen molar-refractivity contribution in [2.24, 2.45) is 0 Å². The van der Waals surface area contributed by atoms with E-state index in [1.54, 1.807) is 0 Å². The molecule has 0 radical (unpaired) electrons. The van der Waals surface area contributed by atoms with E-state index in [1.807, 2.05) is 6.08 Å². The van der Waals surface area contributed by atoms with E-state index < -0.39 is 7.60 Å². The molecule has 21 heavy (non-hydrogen) atoms. The van der Waals surface area contributed by atoms with Gasteiger partial charge in [0.2, 0.25) is 0 Å². The Hall–Kier alpha value is -0.630. The van der Waals surface area contributed by atoms with Crippen molar-refractivity contribution >= 4 is 7.60 Å². The van der Waals surface area contributed by atoms with Gasteiger partial charge in [-0.25, -0.2) is 0 Å². The van der Waals surface area contributed by atoms with Crippen molar-refractivity contribution in [3.8, 4) is 0 Å². The van der Waals surface area contributed by atoms with Crippen molar-refractivity contribution in [3.05, 3.63) is 34.9 Å². The lowest BCUT2D eigenvalue weighted by Crippen LogP contribution is -1.93. The van der Waals surface area contributed by atoms with E-state index in [4.69, 9.17) is 9.05 Å². The van der Waals surface area contributed by atoms with E-state index in [0.29, 0.717) is 6.16 Å². The predicted molar refractivity (Wildman–Crippen MR) is 91.9 cm³/mol. The van der Waals surface area contributed by atoms with Crippen molar-refractivity contribution in [1.29, 1.82) is 0 Å². The number of allylic oxidation sites excluding steroid dienone is 6. The highest BCUT2D eigenvalue weighted by Gasteiger charge is 2.18. The summed E-state index contributed by atoms with van der Waals surface area (Å²) in [5, 5.41) is 0. The maximum absolute atomic E-state index is 11.9.